The van der Waals surface area contributed by atoms with Crippen molar-refractivity contribution in [3.63, 3.8) is 0 Å². The van der Waals surface area contributed by atoms with Crippen LogP contribution in [-0.2, 0) is 28.5 Å². The van der Waals surface area contributed by atoms with E-state index in [1.807, 2.05) is 0 Å². The molecule has 0 amide bonds. The lowest BCUT2D eigenvalue weighted by molar-refractivity contribution is -0.305. The van der Waals surface area contributed by atoms with Crippen molar-refractivity contribution in [1.82, 2.24) is 0 Å². The molecule has 10 nitrogen and oxygen atoms in total. The smallest absolute Gasteiger partial charge is 0.306 e. The Morgan fingerprint density at radius 2 is 0.898 bits per heavy atom. The summed E-state index contributed by atoms with van der Waals surface area (Å²) in [6.07, 6.45) is 37.5. The van der Waals surface area contributed by atoms with Crippen LogP contribution in [0.5, 0.6) is 0 Å². The van der Waals surface area contributed by atoms with E-state index in [0.717, 1.165) is 51.4 Å². The fourth-order valence-corrected chi connectivity index (χ4v) is 7.41. The van der Waals surface area contributed by atoms with Gasteiger partial charge in [-0.3, -0.25) is 9.59 Å². The second-order valence-corrected chi connectivity index (χ2v) is 16.9. The maximum Gasteiger partial charge on any atom is 0.306 e. The number of rotatable bonds is 41. The summed E-state index contributed by atoms with van der Waals surface area (Å²) in [6, 6.07) is 0. The van der Waals surface area contributed by atoms with Crippen LogP contribution in [-0.4, -0.2) is 89.0 Å². The summed E-state index contributed by atoms with van der Waals surface area (Å²) in [5.74, 6) is -0.806. The molecule has 346 valence electrons. The van der Waals surface area contributed by atoms with Gasteiger partial charge in [0.2, 0.25) is 0 Å². The van der Waals surface area contributed by atoms with Gasteiger partial charge in [0, 0.05) is 12.8 Å². The largest absolute Gasteiger partial charge is 0.462 e. The highest BCUT2D eigenvalue weighted by Gasteiger charge is 2.44. The standard InChI is InChI=1S/C49H90O10/c1-3-5-7-9-11-13-15-17-19-21-23-25-27-29-31-33-35-37-44(51)56-40-42(41-57-49-48(55)47(54)46(53)43(39-50)59-49)58-45(52)38-36-34-32-30-28-26-24-22-20-18-16-14-12-10-8-6-4-2/h14,16-17,19,42-43,46-50,53-55H,3-13,15,18,20-41H2,1-2H3/b16-14+,19-17+/t42-,43-,46+,47?,48?,49-/m0/s1. The van der Waals surface area contributed by atoms with Crippen LogP contribution in [0, 0.1) is 0 Å². The highest BCUT2D eigenvalue weighted by molar-refractivity contribution is 5.70. The molecule has 1 aliphatic rings. The van der Waals surface area contributed by atoms with Gasteiger partial charge < -0.3 is 39.4 Å². The van der Waals surface area contributed by atoms with E-state index in [2.05, 4.69) is 38.2 Å². The molecule has 4 N–H and O–H groups in total. The van der Waals surface area contributed by atoms with Gasteiger partial charge in [-0.2, -0.15) is 0 Å². The highest BCUT2D eigenvalue weighted by atomic mass is 16.7. The minimum absolute atomic E-state index is 0.218. The van der Waals surface area contributed by atoms with Gasteiger partial charge in [0.05, 0.1) is 13.2 Å². The lowest BCUT2D eigenvalue weighted by Crippen LogP contribution is -2.59. The van der Waals surface area contributed by atoms with Gasteiger partial charge in [-0.1, -0.05) is 167 Å². The first kappa shape index (κ1) is 55.2. The van der Waals surface area contributed by atoms with Gasteiger partial charge in [-0.05, 0) is 64.2 Å². The number of ether oxygens (including phenoxy) is 4. The van der Waals surface area contributed by atoms with E-state index in [1.165, 1.54) is 135 Å². The van der Waals surface area contributed by atoms with Crippen LogP contribution in [0.25, 0.3) is 0 Å². The Hall–Kier alpha value is -1.82. The zero-order valence-electron chi connectivity index (χ0n) is 37.8. The quantitative estimate of drug-likeness (QED) is 0.0266. The number of allylic oxidation sites excluding steroid dienone is 4. The van der Waals surface area contributed by atoms with Crippen LogP contribution in [0.15, 0.2) is 24.3 Å². The Bertz CT molecular complexity index is 1020. The molecule has 0 aromatic carbocycles. The second kappa shape index (κ2) is 40.3. The summed E-state index contributed by atoms with van der Waals surface area (Å²) < 4.78 is 22.2. The van der Waals surface area contributed by atoms with Crippen LogP contribution in [0.2, 0.25) is 0 Å². The van der Waals surface area contributed by atoms with Gasteiger partial charge in [0.1, 0.15) is 31.0 Å². The lowest BCUT2D eigenvalue weighted by Gasteiger charge is -2.39. The molecular formula is C49H90O10. The van der Waals surface area contributed by atoms with Crippen molar-refractivity contribution in [2.24, 2.45) is 0 Å². The molecule has 6 atom stereocenters. The van der Waals surface area contributed by atoms with Crippen molar-refractivity contribution in [2.75, 3.05) is 19.8 Å². The van der Waals surface area contributed by atoms with Crippen molar-refractivity contribution in [3.8, 4) is 0 Å². The van der Waals surface area contributed by atoms with E-state index in [9.17, 15) is 30.0 Å². The molecule has 10 heteroatoms. The fraction of sp³-hybridized carbons (Fsp3) is 0.878. The van der Waals surface area contributed by atoms with Crippen molar-refractivity contribution in [3.05, 3.63) is 24.3 Å². The van der Waals surface area contributed by atoms with Crippen LogP contribution >= 0.6 is 0 Å². The number of aliphatic hydroxyl groups excluding tert-OH is 4. The summed E-state index contributed by atoms with van der Waals surface area (Å²) in [7, 11) is 0. The molecular weight excluding hydrogens is 749 g/mol. The first-order valence-corrected chi connectivity index (χ1v) is 24.4. The maximum atomic E-state index is 12.8. The van der Waals surface area contributed by atoms with Crippen molar-refractivity contribution in [1.29, 1.82) is 0 Å². The monoisotopic (exact) mass is 839 g/mol. The van der Waals surface area contributed by atoms with Crippen LogP contribution < -0.4 is 0 Å². The van der Waals surface area contributed by atoms with Crippen molar-refractivity contribution in [2.45, 2.75) is 256 Å². The molecule has 0 aliphatic carbocycles. The van der Waals surface area contributed by atoms with Crippen LogP contribution in [0.4, 0.5) is 0 Å². The van der Waals surface area contributed by atoms with Gasteiger partial charge in [-0.15, -0.1) is 0 Å². The van der Waals surface area contributed by atoms with Gasteiger partial charge >= 0.3 is 11.9 Å². The predicted octanol–water partition coefficient (Wildman–Crippen LogP) is 10.9. The third-order valence-electron chi connectivity index (χ3n) is 11.3. The van der Waals surface area contributed by atoms with E-state index < -0.39 is 49.4 Å². The zero-order valence-corrected chi connectivity index (χ0v) is 37.8. The third kappa shape index (κ3) is 31.7. The number of esters is 2. The number of carbonyl (C=O) groups excluding carboxylic acids is 2. The Morgan fingerprint density at radius 1 is 0.508 bits per heavy atom. The Kier molecular flexibility index (Phi) is 37.7. The minimum Gasteiger partial charge on any atom is -0.462 e. The summed E-state index contributed by atoms with van der Waals surface area (Å²) >= 11 is 0. The Labute approximate surface area is 360 Å². The topological polar surface area (TPSA) is 152 Å². The van der Waals surface area contributed by atoms with Gasteiger partial charge in [0.25, 0.3) is 0 Å². The number of aliphatic hydroxyl groups is 4. The summed E-state index contributed by atoms with van der Waals surface area (Å²) in [4.78, 5) is 25.4. The molecule has 0 radical (unpaired) electrons. The summed E-state index contributed by atoms with van der Waals surface area (Å²) in [6.45, 7) is 3.42. The van der Waals surface area contributed by atoms with E-state index >= 15 is 0 Å². The normalized spacial score (nSPS) is 20.1. The number of carbonyl (C=O) groups is 2. The molecule has 2 unspecified atom stereocenters. The van der Waals surface area contributed by atoms with E-state index in [0.29, 0.717) is 6.42 Å². The van der Waals surface area contributed by atoms with Crippen molar-refractivity contribution < 1.29 is 49.0 Å². The molecule has 1 saturated heterocycles. The third-order valence-corrected chi connectivity index (χ3v) is 11.3. The maximum absolute atomic E-state index is 12.8. The Balaban J connectivity index is 2.29. The highest BCUT2D eigenvalue weighted by Crippen LogP contribution is 2.23. The van der Waals surface area contributed by atoms with Crippen molar-refractivity contribution >= 4 is 11.9 Å². The molecule has 0 bridgehead atoms. The molecule has 1 heterocycles. The number of hydrogen-bond acceptors (Lipinski definition) is 10. The second-order valence-electron chi connectivity index (χ2n) is 16.9. The van der Waals surface area contributed by atoms with E-state index in [4.69, 9.17) is 18.9 Å². The molecule has 59 heavy (non-hydrogen) atoms. The number of unbranched alkanes of at least 4 members (excludes halogenated alkanes) is 26. The average molecular weight is 839 g/mol. The molecule has 0 spiro atoms. The van der Waals surface area contributed by atoms with E-state index in [-0.39, 0.29) is 32.0 Å². The SMILES string of the molecule is CCCCCC/C=C/CCCCCCCCCCCC(=O)O[C@@H](COC(=O)CCCCCCCCC/C=C/CCCCCCCC)CO[C@H]1O[C@@H](CO)[C@@H](O)C(O)C1O. The molecule has 1 aliphatic heterocycles. The molecule has 0 saturated carbocycles. The molecule has 1 fully saturated rings. The first-order chi connectivity index (χ1) is 28.8. The zero-order chi connectivity index (χ0) is 43.0. The van der Waals surface area contributed by atoms with E-state index in [1.54, 1.807) is 0 Å². The van der Waals surface area contributed by atoms with Gasteiger partial charge in [0.15, 0.2) is 12.4 Å². The number of hydrogen-bond donors (Lipinski definition) is 4. The Morgan fingerprint density at radius 3 is 1.34 bits per heavy atom. The molecule has 0 aromatic rings. The molecule has 1 rings (SSSR count). The summed E-state index contributed by atoms with van der Waals surface area (Å²) in [5, 5.41) is 40.1. The molecule has 0 aromatic heterocycles. The predicted molar refractivity (Wildman–Crippen MR) is 238 cm³/mol. The first-order valence-electron chi connectivity index (χ1n) is 24.4. The minimum atomic E-state index is -1.59. The average Bonchev–Trinajstić information content (AvgIpc) is 3.23. The van der Waals surface area contributed by atoms with Gasteiger partial charge in [-0.25, -0.2) is 0 Å². The lowest BCUT2D eigenvalue weighted by atomic mass is 9.99. The fourth-order valence-electron chi connectivity index (χ4n) is 7.41. The summed E-state index contributed by atoms with van der Waals surface area (Å²) in [5.41, 5.74) is 0. The van der Waals surface area contributed by atoms with Crippen LogP contribution in [0.3, 0.4) is 0 Å². The van der Waals surface area contributed by atoms with Crippen LogP contribution in [0.1, 0.15) is 219 Å².